The predicted molar refractivity (Wildman–Crippen MR) is 102 cm³/mol. The molecule has 0 aliphatic carbocycles. The first kappa shape index (κ1) is 19.4. The number of anilines is 1. The molecule has 0 radical (unpaired) electrons. The molecule has 0 saturated heterocycles. The Morgan fingerprint density at radius 3 is 2.50 bits per heavy atom. The average Bonchev–Trinajstić information content (AvgIpc) is 2.63. The number of unbranched alkanes of at least 4 members (excludes halogenated alkanes) is 3. The van der Waals surface area contributed by atoms with Crippen molar-refractivity contribution in [3.63, 3.8) is 0 Å². The van der Waals surface area contributed by atoms with Crippen LogP contribution in [0.3, 0.4) is 0 Å². The molecule has 0 aliphatic rings. The van der Waals surface area contributed by atoms with Crippen LogP contribution in [0.1, 0.15) is 48.5 Å². The van der Waals surface area contributed by atoms with Crippen LogP contribution in [-0.2, 0) is 6.54 Å². The Labute approximate surface area is 153 Å². The molecule has 140 valence electrons. The maximum Gasteiger partial charge on any atom is 0.255 e. The molecule has 0 heterocycles. The second-order valence-corrected chi connectivity index (χ2v) is 6.22. The summed E-state index contributed by atoms with van der Waals surface area (Å²) >= 11 is 0. The molecule has 0 saturated carbocycles. The lowest BCUT2D eigenvalue weighted by molar-refractivity contribution is 0.0950. The van der Waals surface area contributed by atoms with E-state index in [0.717, 1.165) is 25.7 Å². The summed E-state index contributed by atoms with van der Waals surface area (Å²) in [6.45, 7) is 2.97. The molecule has 6 heteroatoms. The van der Waals surface area contributed by atoms with Gasteiger partial charge >= 0.3 is 0 Å². The van der Waals surface area contributed by atoms with E-state index < -0.39 is 0 Å². The number of nitrogens with one attached hydrogen (secondary N) is 2. The highest BCUT2D eigenvalue weighted by Crippen LogP contribution is 2.25. The number of benzene rings is 2. The highest BCUT2D eigenvalue weighted by atomic mass is 16.3. The summed E-state index contributed by atoms with van der Waals surface area (Å²) in [5.74, 6) is -0.266. The molecule has 0 aliphatic heterocycles. The Kier molecular flexibility index (Phi) is 7.14. The fourth-order valence-electron chi connectivity index (χ4n) is 2.59. The number of amides is 1. The van der Waals surface area contributed by atoms with E-state index in [9.17, 15) is 20.1 Å². The molecule has 0 atom stereocenters. The zero-order valence-electron chi connectivity index (χ0n) is 15.0. The Morgan fingerprint density at radius 2 is 1.73 bits per heavy atom. The van der Waals surface area contributed by atoms with Crippen molar-refractivity contribution in [2.45, 2.75) is 39.2 Å². The van der Waals surface area contributed by atoms with Crippen molar-refractivity contribution in [1.82, 2.24) is 5.32 Å². The van der Waals surface area contributed by atoms with Gasteiger partial charge in [0.1, 0.15) is 17.2 Å². The predicted octanol–water partition coefficient (Wildman–Crippen LogP) is 3.73. The molecule has 5 N–H and O–H groups in total. The normalized spacial score (nSPS) is 10.5. The maximum absolute atomic E-state index is 12.3. The molecule has 0 spiro atoms. The lowest BCUT2D eigenvalue weighted by Gasteiger charge is -2.12. The number of hydrogen-bond acceptors (Lipinski definition) is 5. The lowest BCUT2D eigenvalue weighted by atomic mass is 10.1. The molecule has 0 aromatic heterocycles. The van der Waals surface area contributed by atoms with Crippen LogP contribution >= 0.6 is 0 Å². The zero-order valence-corrected chi connectivity index (χ0v) is 15.0. The Bertz CT molecular complexity index is 747. The monoisotopic (exact) mass is 358 g/mol. The average molecular weight is 358 g/mol. The number of hydrogen-bond donors (Lipinski definition) is 5. The molecule has 0 bridgehead atoms. The van der Waals surface area contributed by atoms with Crippen LogP contribution < -0.4 is 10.6 Å². The number of carbonyl (C=O) groups excluding carboxylic acids is 1. The summed E-state index contributed by atoms with van der Waals surface area (Å²) in [6, 6.07) is 8.95. The molecule has 26 heavy (non-hydrogen) atoms. The molecule has 2 rings (SSSR count). The van der Waals surface area contributed by atoms with E-state index in [4.69, 9.17) is 0 Å². The van der Waals surface area contributed by atoms with Crippen LogP contribution in [0, 0.1) is 0 Å². The fraction of sp³-hybridized carbons (Fsp3) is 0.350. The molecule has 0 fully saturated rings. The fourth-order valence-corrected chi connectivity index (χ4v) is 2.59. The van der Waals surface area contributed by atoms with Crippen LogP contribution in [0.4, 0.5) is 5.69 Å². The second kappa shape index (κ2) is 9.56. The minimum absolute atomic E-state index is 0.0634. The Morgan fingerprint density at radius 1 is 0.962 bits per heavy atom. The van der Waals surface area contributed by atoms with Gasteiger partial charge in [-0.25, -0.2) is 0 Å². The molecular weight excluding hydrogens is 332 g/mol. The summed E-state index contributed by atoms with van der Waals surface area (Å²) in [7, 11) is 0. The van der Waals surface area contributed by atoms with E-state index in [1.165, 1.54) is 24.3 Å². The van der Waals surface area contributed by atoms with E-state index in [-0.39, 0.29) is 35.3 Å². The molecule has 2 aromatic rings. The van der Waals surface area contributed by atoms with E-state index in [0.29, 0.717) is 17.8 Å². The molecule has 6 nitrogen and oxygen atoms in total. The standard InChI is InChI=1S/C20H26N2O4/c1-2-3-4-5-10-21-20(26)17-12-15(6-8-19(17)25)22-13-14-11-16(23)7-9-18(14)24/h6-9,11-12,22-25H,2-5,10,13H2,1H3,(H,21,26). The SMILES string of the molecule is CCCCCCNC(=O)c1cc(NCc2cc(O)ccc2O)ccc1O. The molecular formula is C20H26N2O4. The molecule has 0 unspecified atom stereocenters. The van der Waals surface area contributed by atoms with Crippen LogP contribution in [0.2, 0.25) is 0 Å². The smallest absolute Gasteiger partial charge is 0.255 e. The minimum atomic E-state index is -0.317. The van der Waals surface area contributed by atoms with Gasteiger partial charge in [0.25, 0.3) is 5.91 Å². The minimum Gasteiger partial charge on any atom is -0.508 e. The van der Waals surface area contributed by atoms with Gasteiger partial charge in [-0.2, -0.15) is 0 Å². The van der Waals surface area contributed by atoms with Gasteiger partial charge in [-0.1, -0.05) is 26.2 Å². The van der Waals surface area contributed by atoms with Gasteiger partial charge < -0.3 is 26.0 Å². The Balaban J connectivity index is 1.97. The third kappa shape index (κ3) is 5.58. The van der Waals surface area contributed by atoms with E-state index in [1.54, 1.807) is 12.1 Å². The van der Waals surface area contributed by atoms with Crippen molar-refractivity contribution in [2.24, 2.45) is 0 Å². The number of rotatable bonds is 9. The quantitative estimate of drug-likeness (QED) is 0.347. The zero-order chi connectivity index (χ0) is 18.9. The first-order chi connectivity index (χ1) is 12.5. The van der Waals surface area contributed by atoms with Gasteiger partial charge in [0, 0.05) is 24.3 Å². The van der Waals surface area contributed by atoms with Crippen molar-refractivity contribution >= 4 is 11.6 Å². The maximum atomic E-state index is 12.3. The second-order valence-electron chi connectivity index (χ2n) is 6.22. The number of phenolic OH excluding ortho intramolecular Hbond substituents is 3. The number of aromatic hydroxyl groups is 3. The number of phenols is 3. The van der Waals surface area contributed by atoms with Gasteiger partial charge in [-0.05, 0) is 42.8 Å². The highest BCUT2D eigenvalue weighted by molar-refractivity contribution is 5.97. The van der Waals surface area contributed by atoms with Crippen molar-refractivity contribution < 1.29 is 20.1 Å². The van der Waals surface area contributed by atoms with Crippen LogP contribution in [0.5, 0.6) is 17.2 Å². The highest BCUT2D eigenvalue weighted by Gasteiger charge is 2.12. The summed E-state index contributed by atoms with van der Waals surface area (Å²) in [5, 5.41) is 35.1. The van der Waals surface area contributed by atoms with E-state index in [1.807, 2.05) is 0 Å². The van der Waals surface area contributed by atoms with Crippen LogP contribution in [0.15, 0.2) is 36.4 Å². The summed E-state index contributed by atoms with van der Waals surface area (Å²) in [4.78, 5) is 12.3. The van der Waals surface area contributed by atoms with E-state index in [2.05, 4.69) is 17.6 Å². The largest absolute Gasteiger partial charge is 0.508 e. The summed E-state index contributed by atoms with van der Waals surface area (Å²) in [5.41, 5.74) is 1.35. The third-order valence-corrected chi connectivity index (χ3v) is 4.10. The first-order valence-electron chi connectivity index (χ1n) is 8.87. The van der Waals surface area contributed by atoms with Crippen molar-refractivity contribution in [1.29, 1.82) is 0 Å². The van der Waals surface area contributed by atoms with Crippen LogP contribution in [0.25, 0.3) is 0 Å². The summed E-state index contributed by atoms with van der Waals surface area (Å²) in [6.07, 6.45) is 4.26. The van der Waals surface area contributed by atoms with Crippen molar-refractivity contribution in [2.75, 3.05) is 11.9 Å². The van der Waals surface area contributed by atoms with Gasteiger partial charge in [-0.3, -0.25) is 4.79 Å². The number of carbonyl (C=O) groups is 1. The summed E-state index contributed by atoms with van der Waals surface area (Å²) < 4.78 is 0. The third-order valence-electron chi connectivity index (χ3n) is 4.10. The molecule has 2 aromatic carbocycles. The van der Waals surface area contributed by atoms with Gasteiger partial charge in [0.05, 0.1) is 5.56 Å². The lowest BCUT2D eigenvalue weighted by Crippen LogP contribution is -2.24. The first-order valence-corrected chi connectivity index (χ1v) is 8.87. The van der Waals surface area contributed by atoms with Gasteiger partial charge in [0.2, 0.25) is 0 Å². The van der Waals surface area contributed by atoms with Gasteiger partial charge in [0.15, 0.2) is 0 Å². The van der Waals surface area contributed by atoms with Crippen LogP contribution in [-0.4, -0.2) is 27.8 Å². The topological polar surface area (TPSA) is 102 Å². The van der Waals surface area contributed by atoms with Crippen molar-refractivity contribution in [3.8, 4) is 17.2 Å². The van der Waals surface area contributed by atoms with Crippen molar-refractivity contribution in [3.05, 3.63) is 47.5 Å². The van der Waals surface area contributed by atoms with E-state index >= 15 is 0 Å². The molecule has 1 amide bonds. The van der Waals surface area contributed by atoms with Gasteiger partial charge in [-0.15, -0.1) is 0 Å². The Hall–Kier alpha value is -2.89.